The molecule has 6 nitrogen and oxygen atoms in total. The third-order valence-electron chi connectivity index (χ3n) is 4.91. The molecule has 0 bridgehead atoms. The van der Waals surface area contributed by atoms with Gasteiger partial charge in [-0.15, -0.1) is 0 Å². The number of hydrogen-bond acceptors (Lipinski definition) is 4. The van der Waals surface area contributed by atoms with Crippen LogP contribution < -0.4 is 15.1 Å². The Morgan fingerprint density at radius 1 is 1.12 bits per heavy atom. The summed E-state index contributed by atoms with van der Waals surface area (Å²) in [5, 5.41) is 2.97. The van der Waals surface area contributed by atoms with E-state index in [1.54, 1.807) is 11.8 Å². The van der Waals surface area contributed by atoms with Crippen molar-refractivity contribution in [2.75, 3.05) is 49.6 Å². The molecule has 6 heteroatoms. The Labute approximate surface area is 149 Å². The van der Waals surface area contributed by atoms with E-state index in [4.69, 9.17) is 0 Å². The minimum atomic E-state index is -0.0356. The molecule has 2 aliphatic rings. The minimum absolute atomic E-state index is 0.0304. The topological polar surface area (TPSA) is 55.9 Å². The van der Waals surface area contributed by atoms with Crippen molar-refractivity contribution in [2.24, 2.45) is 0 Å². The number of likely N-dealkylation sites (N-methyl/N-ethyl adjacent to an activating group) is 1. The van der Waals surface area contributed by atoms with Gasteiger partial charge in [0.2, 0.25) is 11.8 Å². The fourth-order valence-electron chi connectivity index (χ4n) is 3.12. The summed E-state index contributed by atoms with van der Waals surface area (Å²) >= 11 is 0. The van der Waals surface area contributed by atoms with E-state index in [0.29, 0.717) is 19.0 Å². The Hall–Kier alpha value is -2.08. The van der Waals surface area contributed by atoms with Gasteiger partial charge in [-0.2, -0.15) is 0 Å². The van der Waals surface area contributed by atoms with Crippen LogP contribution in [-0.4, -0.2) is 62.5 Å². The van der Waals surface area contributed by atoms with Crippen molar-refractivity contribution in [3.63, 3.8) is 0 Å². The van der Waals surface area contributed by atoms with E-state index < -0.39 is 0 Å². The molecule has 0 atom stereocenters. The Bertz CT molecular complexity index is 604. The van der Waals surface area contributed by atoms with E-state index in [1.165, 1.54) is 5.69 Å². The monoisotopic (exact) mass is 344 g/mol. The van der Waals surface area contributed by atoms with E-state index in [-0.39, 0.29) is 11.8 Å². The van der Waals surface area contributed by atoms with Crippen molar-refractivity contribution in [3.05, 3.63) is 24.3 Å². The molecule has 1 aliphatic carbocycles. The summed E-state index contributed by atoms with van der Waals surface area (Å²) in [6, 6.07) is 8.46. The number of hydrogen-bond donors (Lipinski definition) is 1. The zero-order valence-corrected chi connectivity index (χ0v) is 15.2. The van der Waals surface area contributed by atoms with Gasteiger partial charge in [0.1, 0.15) is 0 Å². The first-order valence-corrected chi connectivity index (χ1v) is 9.14. The number of carbonyl (C=O) groups excluding carboxylic acids is 2. The van der Waals surface area contributed by atoms with Crippen molar-refractivity contribution in [1.82, 2.24) is 10.2 Å². The predicted octanol–water partition coefficient (Wildman–Crippen LogP) is 1.46. The highest BCUT2D eigenvalue weighted by atomic mass is 16.2. The first-order chi connectivity index (χ1) is 12.0. The summed E-state index contributed by atoms with van der Waals surface area (Å²) in [6.45, 7) is 6.14. The van der Waals surface area contributed by atoms with Gasteiger partial charge in [0.25, 0.3) is 0 Å². The molecule has 2 amide bonds. The number of nitrogens with zero attached hydrogens (tertiary/aromatic N) is 3. The highest BCUT2D eigenvalue weighted by molar-refractivity contribution is 5.92. The van der Waals surface area contributed by atoms with Gasteiger partial charge in [0.05, 0.1) is 0 Å². The van der Waals surface area contributed by atoms with E-state index in [1.807, 2.05) is 12.1 Å². The number of amides is 2. The van der Waals surface area contributed by atoms with Crippen LogP contribution in [0.4, 0.5) is 11.4 Å². The average molecular weight is 344 g/mol. The van der Waals surface area contributed by atoms with E-state index in [0.717, 1.165) is 44.7 Å². The molecule has 0 spiro atoms. The number of rotatable bonds is 6. The summed E-state index contributed by atoms with van der Waals surface area (Å²) in [6.07, 6.45) is 2.50. The number of nitrogens with one attached hydrogen (secondary N) is 1. The van der Waals surface area contributed by atoms with Crippen LogP contribution in [0.3, 0.4) is 0 Å². The maximum atomic E-state index is 12.0. The molecule has 1 N–H and O–H groups in total. The quantitative estimate of drug-likeness (QED) is 0.849. The van der Waals surface area contributed by atoms with Crippen molar-refractivity contribution in [1.29, 1.82) is 0 Å². The van der Waals surface area contributed by atoms with Gasteiger partial charge in [0.15, 0.2) is 0 Å². The second kappa shape index (κ2) is 7.87. The fourth-order valence-corrected chi connectivity index (χ4v) is 3.12. The van der Waals surface area contributed by atoms with Crippen LogP contribution in [0.5, 0.6) is 0 Å². The minimum Gasteiger partial charge on any atom is -0.369 e. The maximum Gasteiger partial charge on any atom is 0.223 e. The second-order valence-corrected chi connectivity index (χ2v) is 7.07. The lowest BCUT2D eigenvalue weighted by atomic mass is 10.2. The zero-order chi connectivity index (χ0) is 17.8. The van der Waals surface area contributed by atoms with Crippen LogP contribution in [0.2, 0.25) is 0 Å². The summed E-state index contributed by atoms with van der Waals surface area (Å²) in [5.74, 6) is -0.00521. The number of carbonyl (C=O) groups is 2. The largest absolute Gasteiger partial charge is 0.369 e. The summed E-state index contributed by atoms with van der Waals surface area (Å²) < 4.78 is 0. The van der Waals surface area contributed by atoms with Crippen LogP contribution in [0.25, 0.3) is 0 Å². The van der Waals surface area contributed by atoms with Crippen LogP contribution in [0, 0.1) is 0 Å². The smallest absolute Gasteiger partial charge is 0.223 e. The lowest BCUT2D eigenvalue weighted by Crippen LogP contribution is -2.44. The third-order valence-corrected chi connectivity index (χ3v) is 4.91. The lowest BCUT2D eigenvalue weighted by molar-refractivity contribution is -0.121. The molecule has 0 radical (unpaired) electrons. The molecule has 1 aromatic carbocycles. The molecule has 1 aromatic rings. The third kappa shape index (κ3) is 4.95. The van der Waals surface area contributed by atoms with Gasteiger partial charge in [-0.25, -0.2) is 0 Å². The van der Waals surface area contributed by atoms with Gasteiger partial charge in [-0.05, 0) is 44.2 Å². The lowest BCUT2D eigenvalue weighted by Gasteiger charge is -2.34. The van der Waals surface area contributed by atoms with Crippen molar-refractivity contribution in [2.45, 2.75) is 32.2 Å². The molecule has 136 valence electrons. The van der Waals surface area contributed by atoms with Crippen molar-refractivity contribution >= 4 is 23.2 Å². The first kappa shape index (κ1) is 17.7. The van der Waals surface area contributed by atoms with Crippen LogP contribution in [-0.2, 0) is 9.59 Å². The molecule has 1 heterocycles. The van der Waals surface area contributed by atoms with Crippen LogP contribution in [0.15, 0.2) is 24.3 Å². The molecule has 0 unspecified atom stereocenters. The molecule has 1 saturated carbocycles. The van der Waals surface area contributed by atoms with Crippen molar-refractivity contribution in [3.8, 4) is 0 Å². The number of benzene rings is 1. The molecule has 1 aliphatic heterocycles. The first-order valence-electron chi connectivity index (χ1n) is 9.14. The number of piperazine rings is 1. The zero-order valence-electron chi connectivity index (χ0n) is 15.2. The molecule has 0 aromatic heterocycles. The standard InChI is InChI=1S/C19H28N4O2/c1-15(24)23(10-9-19(25)20-16-3-4-16)18-7-5-17(6-8-18)22-13-11-21(2)12-14-22/h5-8,16H,3-4,9-14H2,1-2H3,(H,20,25). The molecular formula is C19H28N4O2. The highest BCUT2D eigenvalue weighted by Crippen LogP contribution is 2.23. The van der Waals surface area contributed by atoms with Gasteiger partial charge in [-0.1, -0.05) is 0 Å². The summed E-state index contributed by atoms with van der Waals surface area (Å²) in [5.41, 5.74) is 2.04. The normalized spacial score (nSPS) is 18.1. The van der Waals surface area contributed by atoms with Crippen LogP contribution >= 0.6 is 0 Å². The summed E-state index contributed by atoms with van der Waals surface area (Å²) in [7, 11) is 2.14. The van der Waals surface area contributed by atoms with E-state index in [9.17, 15) is 9.59 Å². The van der Waals surface area contributed by atoms with Gasteiger partial charge in [0, 0.05) is 63.5 Å². The van der Waals surface area contributed by atoms with E-state index >= 15 is 0 Å². The SMILES string of the molecule is CC(=O)N(CCC(=O)NC1CC1)c1ccc(N2CCN(C)CC2)cc1. The van der Waals surface area contributed by atoms with Gasteiger partial charge >= 0.3 is 0 Å². The van der Waals surface area contributed by atoms with Crippen molar-refractivity contribution < 1.29 is 9.59 Å². The Morgan fingerprint density at radius 2 is 1.76 bits per heavy atom. The molecule has 2 fully saturated rings. The molecule has 1 saturated heterocycles. The maximum absolute atomic E-state index is 12.0. The molecule has 3 rings (SSSR count). The van der Waals surface area contributed by atoms with Crippen LogP contribution in [0.1, 0.15) is 26.2 Å². The van der Waals surface area contributed by atoms with Gasteiger partial charge in [-0.3, -0.25) is 9.59 Å². The van der Waals surface area contributed by atoms with Gasteiger partial charge < -0.3 is 20.0 Å². The summed E-state index contributed by atoms with van der Waals surface area (Å²) in [4.78, 5) is 30.2. The molecule has 25 heavy (non-hydrogen) atoms. The Morgan fingerprint density at radius 3 is 2.32 bits per heavy atom. The highest BCUT2D eigenvalue weighted by Gasteiger charge is 2.23. The fraction of sp³-hybridized carbons (Fsp3) is 0.579. The average Bonchev–Trinajstić information content (AvgIpc) is 3.40. The Balaban J connectivity index is 1.59. The van der Waals surface area contributed by atoms with E-state index in [2.05, 4.69) is 34.3 Å². The predicted molar refractivity (Wildman–Crippen MR) is 100.0 cm³/mol. The number of anilines is 2. The Kier molecular flexibility index (Phi) is 5.58. The second-order valence-electron chi connectivity index (χ2n) is 7.07. The molecular weight excluding hydrogens is 316 g/mol.